The Morgan fingerprint density at radius 1 is 1.30 bits per heavy atom. The lowest BCUT2D eigenvalue weighted by Crippen LogP contribution is -2.21. The molecule has 0 bridgehead atoms. The zero-order chi connectivity index (χ0) is 15.4. The van der Waals surface area contributed by atoms with Crippen molar-refractivity contribution in [2.45, 2.75) is 12.5 Å². The van der Waals surface area contributed by atoms with Crippen molar-refractivity contribution in [3.8, 4) is 0 Å². The topological polar surface area (TPSA) is 74.2 Å². The molecule has 1 unspecified atom stereocenters. The zero-order valence-electron chi connectivity index (χ0n) is 11.3. The maximum atomic E-state index is 12.5. The van der Waals surface area contributed by atoms with E-state index in [4.69, 9.17) is 19.3 Å². The Hall–Kier alpha value is -1.51. The van der Waals surface area contributed by atoms with Crippen molar-refractivity contribution in [3.63, 3.8) is 0 Å². The van der Waals surface area contributed by atoms with E-state index in [1.54, 1.807) is 0 Å². The van der Waals surface area contributed by atoms with E-state index in [-0.39, 0.29) is 19.8 Å². The van der Waals surface area contributed by atoms with E-state index in [1.165, 1.54) is 20.3 Å². The van der Waals surface area contributed by atoms with Crippen molar-refractivity contribution in [2.24, 2.45) is 0 Å². The van der Waals surface area contributed by atoms with Gasteiger partial charge in [0, 0.05) is 20.6 Å². The molecule has 0 heterocycles. The fourth-order valence-corrected chi connectivity index (χ4v) is 1.07. The summed E-state index contributed by atoms with van der Waals surface area (Å²) in [6.07, 6.45) is -0.971. The quantitative estimate of drug-likeness (QED) is 0.271. The van der Waals surface area contributed by atoms with E-state index >= 15 is 0 Å². The smallest absolute Gasteiger partial charge is 0.333 e. The first-order valence-electron chi connectivity index (χ1n) is 5.69. The predicted octanol–water partition coefficient (Wildman–Crippen LogP) is 1.78. The molecule has 0 aromatic heterocycles. The van der Waals surface area contributed by atoms with Crippen LogP contribution in [0.25, 0.3) is 0 Å². The average Bonchev–Trinajstić information content (AvgIpc) is 2.40. The number of carboxylic acid groups (broad SMARTS) is 1. The van der Waals surface area contributed by atoms with Crippen LogP contribution in [0.2, 0.25) is 0 Å². The van der Waals surface area contributed by atoms with Crippen LogP contribution in [0, 0.1) is 0 Å². The second-order valence-electron chi connectivity index (χ2n) is 3.49. The summed E-state index contributed by atoms with van der Waals surface area (Å²) in [5.74, 6) is -1.85. The first-order chi connectivity index (χ1) is 9.52. The fraction of sp³-hybridized carbons (Fsp3) is 0.583. The summed E-state index contributed by atoms with van der Waals surface area (Å²) in [6, 6.07) is 0. The number of carbonyl (C=O) groups is 1. The Bertz CT molecular complexity index is 339. The Morgan fingerprint density at radius 3 is 2.50 bits per heavy atom. The van der Waals surface area contributed by atoms with Gasteiger partial charge < -0.3 is 24.1 Å². The lowest BCUT2D eigenvalue weighted by Gasteiger charge is -2.08. The highest BCUT2D eigenvalue weighted by atomic mass is 19.3. The van der Waals surface area contributed by atoms with Gasteiger partial charge in [-0.2, -0.15) is 8.78 Å². The Balaban J connectivity index is 4.21. The molecule has 1 N–H and O–H groups in total. The molecule has 1 atom stereocenters. The zero-order valence-corrected chi connectivity index (χ0v) is 11.3. The predicted molar refractivity (Wildman–Crippen MR) is 65.2 cm³/mol. The Morgan fingerprint density at radius 2 is 2.00 bits per heavy atom. The highest BCUT2D eigenvalue weighted by molar-refractivity contribution is 5.72. The van der Waals surface area contributed by atoms with Gasteiger partial charge in [0.1, 0.15) is 0 Å². The minimum atomic E-state index is -2.03. The third-order valence-corrected chi connectivity index (χ3v) is 2.10. The van der Waals surface area contributed by atoms with Crippen LogP contribution in [-0.4, -0.2) is 51.4 Å². The highest BCUT2D eigenvalue weighted by Gasteiger charge is 2.14. The summed E-state index contributed by atoms with van der Waals surface area (Å²) >= 11 is 0. The van der Waals surface area contributed by atoms with Crippen LogP contribution < -0.4 is 0 Å². The first kappa shape index (κ1) is 18.5. The minimum absolute atomic E-state index is 0.0590. The molecular weight excluding hydrogens is 278 g/mol. The molecule has 20 heavy (non-hydrogen) atoms. The normalized spacial score (nSPS) is 12.4. The fourth-order valence-electron chi connectivity index (χ4n) is 1.07. The van der Waals surface area contributed by atoms with Gasteiger partial charge in [0.05, 0.1) is 13.2 Å². The van der Waals surface area contributed by atoms with Crippen molar-refractivity contribution in [1.29, 1.82) is 0 Å². The van der Waals surface area contributed by atoms with Crippen molar-refractivity contribution >= 4 is 5.97 Å². The van der Waals surface area contributed by atoms with Gasteiger partial charge in [-0.1, -0.05) is 6.08 Å². The van der Waals surface area contributed by atoms with Crippen LogP contribution in [0.3, 0.4) is 0 Å². The van der Waals surface area contributed by atoms with Crippen LogP contribution in [0.15, 0.2) is 24.0 Å². The van der Waals surface area contributed by atoms with Crippen LogP contribution in [-0.2, 0) is 23.7 Å². The van der Waals surface area contributed by atoms with Gasteiger partial charge >= 0.3 is 12.0 Å². The molecule has 0 fully saturated rings. The second kappa shape index (κ2) is 11.3. The largest absolute Gasteiger partial charge is 0.479 e. The van der Waals surface area contributed by atoms with Gasteiger partial charge in [-0.3, -0.25) is 0 Å². The molecule has 0 spiro atoms. The molecule has 0 saturated heterocycles. The Labute approximate surface area is 115 Å². The second-order valence-corrected chi connectivity index (χ2v) is 3.49. The van der Waals surface area contributed by atoms with E-state index in [9.17, 15) is 13.6 Å². The van der Waals surface area contributed by atoms with Gasteiger partial charge in [0.15, 0.2) is 18.7 Å². The number of halogens is 2. The maximum absolute atomic E-state index is 12.5. The molecule has 0 aromatic carbocycles. The molecule has 0 rings (SSSR count). The third-order valence-electron chi connectivity index (χ3n) is 2.10. The van der Waals surface area contributed by atoms with Gasteiger partial charge in [0.2, 0.25) is 0 Å². The monoisotopic (exact) mass is 296 g/mol. The number of ether oxygens (including phenoxy) is 4. The van der Waals surface area contributed by atoms with Crippen LogP contribution in [0.4, 0.5) is 8.78 Å². The summed E-state index contributed by atoms with van der Waals surface area (Å²) < 4.78 is 44.0. The Kier molecular flexibility index (Phi) is 10.5. The van der Waals surface area contributed by atoms with E-state index in [0.29, 0.717) is 6.61 Å². The number of methoxy groups -OCH3 is 2. The summed E-state index contributed by atoms with van der Waals surface area (Å²) in [7, 11) is 2.70. The SMILES string of the molecule is COCCOCOC(C=CCC(OC)C(=O)O)=C(F)F. The van der Waals surface area contributed by atoms with E-state index in [2.05, 4.69) is 4.74 Å². The number of rotatable bonds is 11. The molecule has 0 amide bonds. The molecule has 0 aliphatic carbocycles. The number of carboxylic acids is 1. The van der Waals surface area contributed by atoms with E-state index < -0.39 is 23.9 Å². The number of aliphatic carboxylic acids is 1. The van der Waals surface area contributed by atoms with Crippen molar-refractivity contribution in [2.75, 3.05) is 34.2 Å². The molecule has 8 heteroatoms. The molecule has 6 nitrogen and oxygen atoms in total. The van der Waals surface area contributed by atoms with Crippen molar-refractivity contribution in [3.05, 3.63) is 24.0 Å². The van der Waals surface area contributed by atoms with Crippen molar-refractivity contribution < 1.29 is 37.6 Å². The number of hydrogen-bond acceptors (Lipinski definition) is 5. The molecule has 0 aliphatic rings. The first-order valence-corrected chi connectivity index (χ1v) is 5.69. The number of hydrogen-bond donors (Lipinski definition) is 1. The highest BCUT2D eigenvalue weighted by Crippen LogP contribution is 2.12. The number of allylic oxidation sites excluding steroid dienone is 1. The molecule has 0 radical (unpaired) electrons. The lowest BCUT2D eigenvalue weighted by atomic mass is 10.2. The van der Waals surface area contributed by atoms with Gasteiger partial charge in [0.25, 0.3) is 0 Å². The van der Waals surface area contributed by atoms with Crippen molar-refractivity contribution in [1.82, 2.24) is 0 Å². The summed E-state index contributed by atoms with van der Waals surface area (Å²) in [5.41, 5.74) is 0. The summed E-state index contributed by atoms with van der Waals surface area (Å²) in [6.45, 7) is 0.184. The standard InChI is InChI=1S/C12H18F2O6/c1-17-6-7-19-8-20-9(11(13)14)4-3-5-10(18-2)12(15)16/h3-4,10H,5-8H2,1-2H3,(H,15,16). The summed E-state index contributed by atoms with van der Waals surface area (Å²) in [5, 5.41) is 8.69. The molecular formula is C12H18F2O6. The maximum Gasteiger partial charge on any atom is 0.333 e. The van der Waals surface area contributed by atoms with Gasteiger partial charge in [-0.15, -0.1) is 0 Å². The minimum Gasteiger partial charge on any atom is -0.479 e. The van der Waals surface area contributed by atoms with Gasteiger partial charge in [-0.05, 0) is 6.08 Å². The lowest BCUT2D eigenvalue weighted by molar-refractivity contribution is -0.148. The third kappa shape index (κ3) is 8.57. The molecule has 0 aliphatic heterocycles. The molecule has 0 saturated carbocycles. The van der Waals surface area contributed by atoms with E-state index in [1.807, 2.05) is 0 Å². The van der Waals surface area contributed by atoms with Crippen LogP contribution in [0.1, 0.15) is 6.42 Å². The summed E-state index contributed by atoms with van der Waals surface area (Å²) in [4.78, 5) is 10.6. The average molecular weight is 296 g/mol. The van der Waals surface area contributed by atoms with Crippen LogP contribution >= 0.6 is 0 Å². The van der Waals surface area contributed by atoms with E-state index in [0.717, 1.165) is 6.08 Å². The van der Waals surface area contributed by atoms with Gasteiger partial charge in [-0.25, -0.2) is 4.79 Å². The molecule has 116 valence electrons. The molecule has 0 aromatic rings. The van der Waals surface area contributed by atoms with Crippen LogP contribution in [0.5, 0.6) is 0 Å².